The zero-order valence-corrected chi connectivity index (χ0v) is 12.3. The molecule has 7 heteroatoms. The number of halogens is 2. The number of para-hydroxylation sites is 1. The maximum Gasteiger partial charge on any atom is 0.245 e. The molecule has 0 spiro atoms. The van der Waals surface area contributed by atoms with Crippen LogP contribution in [0.2, 0.25) is 5.02 Å². The zero-order valence-electron chi connectivity index (χ0n) is 9.93. The highest BCUT2D eigenvalue weighted by molar-refractivity contribution is 7.92. The molecule has 4 nitrogen and oxygen atoms in total. The van der Waals surface area contributed by atoms with Crippen molar-refractivity contribution in [3.63, 3.8) is 0 Å². The van der Waals surface area contributed by atoms with Crippen LogP contribution in [0.1, 0.15) is 13.8 Å². The van der Waals surface area contributed by atoms with E-state index in [0.717, 1.165) is 4.31 Å². The van der Waals surface area contributed by atoms with E-state index in [-0.39, 0.29) is 16.5 Å². The van der Waals surface area contributed by atoms with Crippen LogP contribution in [0.15, 0.2) is 24.3 Å². The Morgan fingerprint density at radius 3 is 2.39 bits per heavy atom. The molecule has 1 aromatic rings. The molecule has 0 saturated heterocycles. The monoisotopic (exact) mass is 309 g/mol. The van der Waals surface area contributed by atoms with Crippen molar-refractivity contribution in [3.8, 4) is 0 Å². The van der Waals surface area contributed by atoms with E-state index in [4.69, 9.17) is 23.2 Å². The van der Waals surface area contributed by atoms with Crippen molar-refractivity contribution in [1.82, 2.24) is 0 Å². The SMILES string of the molecule is CCS(=O)(=O)N(c1ccccc1Cl)C(C)C(=O)Cl. The third-order valence-electron chi connectivity index (χ3n) is 2.43. The second-order valence-corrected chi connectivity index (χ2v) is 6.54. The molecule has 0 aliphatic rings. The van der Waals surface area contributed by atoms with Gasteiger partial charge in [-0.1, -0.05) is 23.7 Å². The van der Waals surface area contributed by atoms with Gasteiger partial charge in [0.15, 0.2) is 0 Å². The third-order valence-corrected chi connectivity index (χ3v) is 4.91. The normalized spacial score (nSPS) is 13.1. The molecular weight excluding hydrogens is 297 g/mol. The van der Waals surface area contributed by atoms with Crippen molar-refractivity contribution < 1.29 is 13.2 Å². The van der Waals surface area contributed by atoms with Gasteiger partial charge in [-0.25, -0.2) is 8.42 Å². The number of hydrogen-bond acceptors (Lipinski definition) is 3. The van der Waals surface area contributed by atoms with Crippen LogP contribution >= 0.6 is 23.2 Å². The molecule has 1 unspecified atom stereocenters. The number of rotatable bonds is 5. The highest BCUT2D eigenvalue weighted by Crippen LogP contribution is 2.30. The maximum absolute atomic E-state index is 12.1. The van der Waals surface area contributed by atoms with Crippen LogP contribution < -0.4 is 4.31 Å². The lowest BCUT2D eigenvalue weighted by molar-refractivity contribution is -0.112. The molecular formula is C11H13Cl2NO3S. The number of hydrogen-bond donors (Lipinski definition) is 0. The van der Waals surface area contributed by atoms with Crippen LogP contribution in [0.25, 0.3) is 0 Å². The molecule has 0 N–H and O–H groups in total. The Morgan fingerprint density at radius 1 is 1.39 bits per heavy atom. The number of sulfonamides is 1. The molecule has 0 heterocycles. The van der Waals surface area contributed by atoms with Gasteiger partial charge in [-0.15, -0.1) is 0 Å². The molecule has 18 heavy (non-hydrogen) atoms. The van der Waals surface area contributed by atoms with Gasteiger partial charge in [0, 0.05) is 0 Å². The number of carbonyl (C=O) groups is 1. The van der Waals surface area contributed by atoms with Crippen LogP contribution in [-0.2, 0) is 14.8 Å². The first-order chi connectivity index (χ1) is 8.31. The minimum Gasteiger partial charge on any atom is -0.279 e. The van der Waals surface area contributed by atoms with Crippen LogP contribution in [0, 0.1) is 0 Å². The smallest absolute Gasteiger partial charge is 0.245 e. The Labute approximate surface area is 117 Å². The van der Waals surface area contributed by atoms with Gasteiger partial charge in [-0.2, -0.15) is 0 Å². The fourth-order valence-corrected chi connectivity index (χ4v) is 3.21. The molecule has 1 aromatic carbocycles. The molecule has 0 amide bonds. The highest BCUT2D eigenvalue weighted by atomic mass is 35.5. The molecule has 0 aromatic heterocycles. The van der Waals surface area contributed by atoms with Gasteiger partial charge in [0.25, 0.3) is 0 Å². The van der Waals surface area contributed by atoms with Gasteiger partial charge in [-0.3, -0.25) is 9.10 Å². The standard InChI is InChI=1S/C11H13Cl2NO3S/c1-3-18(16,17)14(8(2)11(13)15)10-7-5-4-6-9(10)12/h4-8H,3H2,1-2H3. The quantitative estimate of drug-likeness (QED) is 0.786. The van der Waals surface area contributed by atoms with Crippen LogP contribution in [0.3, 0.4) is 0 Å². The minimum atomic E-state index is -3.64. The first-order valence-corrected chi connectivity index (χ1v) is 7.63. The lowest BCUT2D eigenvalue weighted by Gasteiger charge is -2.28. The van der Waals surface area contributed by atoms with Crippen molar-refractivity contribution in [1.29, 1.82) is 0 Å². The Kier molecular flexibility index (Phi) is 5.01. The zero-order chi connectivity index (χ0) is 13.9. The Balaban J connectivity index is 3.40. The Hall–Kier alpha value is -0.780. The fourth-order valence-electron chi connectivity index (χ4n) is 1.46. The van der Waals surface area contributed by atoms with Crippen molar-refractivity contribution in [3.05, 3.63) is 29.3 Å². The van der Waals surface area contributed by atoms with Crippen molar-refractivity contribution in [2.45, 2.75) is 19.9 Å². The van der Waals surface area contributed by atoms with Gasteiger partial charge in [0.2, 0.25) is 15.3 Å². The van der Waals surface area contributed by atoms with E-state index in [9.17, 15) is 13.2 Å². The number of benzene rings is 1. The van der Waals surface area contributed by atoms with E-state index in [0.29, 0.717) is 0 Å². The van der Waals surface area contributed by atoms with Crippen molar-refractivity contribution >= 4 is 44.2 Å². The van der Waals surface area contributed by atoms with E-state index in [1.807, 2.05) is 0 Å². The van der Waals surface area contributed by atoms with Crippen molar-refractivity contribution in [2.75, 3.05) is 10.1 Å². The average Bonchev–Trinajstić information content (AvgIpc) is 2.31. The number of nitrogens with zero attached hydrogens (tertiary/aromatic N) is 1. The summed E-state index contributed by atoms with van der Waals surface area (Å²) in [4.78, 5) is 11.2. The predicted octanol–water partition coefficient (Wildman–Crippen LogP) is 2.65. The molecule has 1 atom stereocenters. The lowest BCUT2D eigenvalue weighted by Crippen LogP contribution is -2.43. The molecule has 1 rings (SSSR count). The summed E-state index contributed by atoms with van der Waals surface area (Å²) in [5, 5.41) is -0.508. The van der Waals surface area contributed by atoms with Crippen LogP contribution in [0.5, 0.6) is 0 Å². The summed E-state index contributed by atoms with van der Waals surface area (Å²) in [6.45, 7) is 2.91. The average molecular weight is 310 g/mol. The van der Waals surface area contributed by atoms with E-state index in [1.165, 1.54) is 19.9 Å². The largest absolute Gasteiger partial charge is 0.279 e. The van der Waals surface area contributed by atoms with Crippen molar-refractivity contribution in [2.24, 2.45) is 0 Å². The molecule has 0 aliphatic heterocycles. The summed E-state index contributed by atoms with van der Waals surface area (Å²) in [6, 6.07) is 5.41. The summed E-state index contributed by atoms with van der Waals surface area (Å²) in [5.74, 6) is -0.146. The highest BCUT2D eigenvalue weighted by Gasteiger charge is 2.31. The Morgan fingerprint density at radius 2 is 1.94 bits per heavy atom. The van der Waals surface area contributed by atoms with Crippen LogP contribution in [-0.4, -0.2) is 25.5 Å². The summed E-state index contributed by atoms with van der Waals surface area (Å²) in [7, 11) is -3.64. The van der Waals surface area contributed by atoms with Gasteiger partial charge in [-0.05, 0) is 37.6 Å². The molecule has 0 radical (unpaired) electrons. The predicted molar refractivity (Wildman–Crippen MR) is 73.7 cm³/mol. The van der Waals surface area contributed by atoms with Gasteiger partial charge in [0.05, 0.1) is 16.5 Å². The topological polar surface area (TPSA) is 54.5 Å². The molecule has 100 valence electrons. The Bertz CT molecular complexity index is 545. The second-order valence-electron chi connectivity index (χ2n) is 3.63. The fraction of sp³-hybridized carbons (Fsp3) is 0.364. The summed E-state index contributed by atoms with van der Waals surface area (Å²) < 4.78 is 25.1. The molecule has 0 bridgehead atoms. The van der Waals surface area contributed by atoms with Crippen LogP contribution in [0.4, 0.5) is 5.69 Å². The van der Waals surface area contributed by atoms with Gasteiger partial charge < -0.3 is 0 Å². The molecule has 0 fully saturated rings. The minimum absolute atomic E-state index is 0.146. The van der Waals surface area contributed by atoms with E-state index < -0.39 is 21.3 Å². The van der Waals surface area contributed by atoms with Gasteiger partial charge >= 0.3 is 0 Å². The van der Waals surface area contributed by atoms with Gasteiger partial charge in [0.1, 0.15) is 6.04 Å². The van der Waals surface area contributed by atoms with E-state index in [2.05, 4.69) is 0 Å². The summed E-state index contributed by atoms with van der Waals surface area (Å²) >= 11 is 11.4. The number of anilines is 1. The van der Waals surface area contributed by atoms with E-state index in [1.54, 1.807) is 18.2 Å². The molecule has 0 aliphatic carbocycles. The number of carbonyl (C=O) groups excluding carboxylic acids is 1. The summed E-state index contributed by atoms with van der Waals surface area (Å²) in [5.41, 5.74) is 0.252. The maximum atomic E-state index is 12.1. The second kappa shape index (κ2) is 5.91. The summed E-state index contributed by atoms with van der Waals surface area (Å²) in [6.07, 6.45) is 0. The first-order valence-electron chi connectivity index (χ1n) is 5.27. The van der Waals surface area contributed by atoms with E-state index >= 15 is 0 Å². The first kappa shape index (κ1) is 15.3. The lowest BCUT2D eigenvalue weighted by atomic mass is 10.3. The molecule has 0 saturated carbocycles. The third kappa shape index (κ3) is 3.16.